The number of anilines is 2. The Morgan fingerprint density at radius 3 is 2.77 bits per heavy atom. The van der Waals surface area contributed by atoms with Crippen LogP contribution in [-0.4, -0.2) is 80.2 Å². The predicted octanol–water partition coefficient (Wildman–Crippen LogP) is 3.48. The Hall–Kier alpha value is -4.66. The van der Waals surface area contributed by atoms with Crippen LogP contribution < -0.4 is 15.1 Å². The van der Waals surface area contributed by atoms with Gasteiger partial charge in [-0.15, -0.1) is 5.92 Å². The third-order valence-corrected chi connectivity index (χ3v) is 7.67. The summed E-state index contributed by atoms with van der Waals surface area (Å²) in [6, 6.07) is 7.75. The van der Waals surface area contributed by atoms with E-state index < -0.39 is 11.7 Å². The molecule has 0 bridgehead atoms. The fourth-order valence-corrected chi connectivity index (χ4v) is 5.86. The second-order valence-corrected chi connectivity index (χ2v) is 12.0. The topological polar surface area (TPSA) is 121 Å². The number of benzene rings is 1. The fourth-order valence-electron chi connectivity index (χ4n) is 5.86. The number of alkyl carbamates (subject to hydrolysis) is 1. The van der Waals surface area contributed by atoms with Crippen LogP contribution in [0.25, 0.3) is 10.9 Å². The number of carbonyl (C=O) groups is 2. The standard InChI is InChI=1S/C31H37N9O3/c1-6-7-16-38-25-26(36-29(38)37-15-10-11-21(18-37)34-30(42)43-31(3,4)5)39-17-14-32-28(39)40(27(25)41)19-24-33-20(2)22-12-8-9-13-23(22)35-24/h8-9,12-13,21H,10-11,14-19H2,1-5H3,(H,34,42). The number of carbonyl (C=O) groups excluding carboxylic acids is 2. The largest absolute Gasteiger partial charge is 0.444 e. The smallest absolute Gasteiger partial charge is 0.407 e. The van der Waals surface area contributed by atoms with Crippen LogP contribution in [0.3, 0.4) is 0 Å². The first-order valence-corrected chi connectivity index (χ1v) is 14.7. The van der Waals surface area contributed by atoms with Crippen LogP contribution >= 0.6 is 0 Å². The molecular formula is C31H37N9O3. The number of fused-ring (bicyclic) bond motifs is 4. The number of nitrogens with zero attached hydrogens (tertiary/aromatic N) is 8. The molecule has 1 unspecified atom stereocenters. The Balaban J connectivity index is 1.33. The first-order valence-electron chi connectivity index (χ1n) is 14.7. The highest BCUT2D eigenvalue weighted by Crippen LogP contribution is 2.35. The summed E-state index contributed by atoms with van der Waals surface area (Å²) in [4.78, 5) is 51.8. The number of aliphatic imine (C=N–C) groups is 1. The Kier molecular flexibility index (Phi) is 7.42. The van der Waals surface area contributed by atoms with Gasteiger partial charge in [0.15, 0.2) is 11.5 Å². The minimum atomic E-state index is -0.579. The molecule has 0 saturated carbocycles. The summed E-state index contributed by atoms with van der Waals surface area (Å²) in [6.45, 7) is 12.2. The maximum atomic E-state index is 14.3. The minimum absolute atomic E-state index is 0.118. The number of nitrogens with one attached hydrogen (secondary N) is 1. The molecule has 1 aromatic carbocycles. The van der Waals surface area contributed by atoms with Gasteiger partial charge in [-0.1, -0.05) is 24.1 Å². The van der Waals surface area contributed by atoms with Crippen molar-refractivity contribution in [1.82, 2.24) is 29.7 Å². The van der Waals surface area contributed by atoms with E-state index in [4.69, 9.17) is 24.7 Å². The third kappa shape index (κ3) is 5.59. The van der Waals surface area contributed by atoms with E-state index in [2.05, 4.69) is 22.1 Å². The number of piperidine rings is 1. The molecule has 1 N–H and O–H groups in total. The van der Waals surface area contributed by atoms with Gasteiger partial charge >= 0.3 is 6.09 Å². The average molecular weight is 584 g/mol. The molecule has 3 aliphatic rings. The molecule has 2 aromatic heterocycles. The molecule has 6 rings (SSSR count). The van der Waals surface area contributed by atoms with Crippen LogP contribution in [0.2, 0.25) is 0 Å². The number of aromatic nitrogens is 4. The summed E-state index contributed by atoms with van der Waals surface area (Å²) in [7, 11) is 0. The number of amides is 2. The van der Waals surface area contributed by atoms with E-state index in [1.54, 1.807) is 11.8 Å². The molecule has 43 heavy (non-hydrogen) atoms. The number of aryl methyl sites for hydroxylation is 1. The molecule has 12 heteroatoms. The first kappa shape index (κ1) is 28.5. The van der Waals surface area contributed by atoms with Crippen molar-refractivity contribution in [2.75, 3.05) is 36.0 Å². The number of imidazole rings is 1. The zero-order chi connectivity index (χ0) is 30.3. The number of guanidine groups is 1. The Bertz CT molecular complexity index is 1680. The molecule has 0 spiro atoms. The van der Waals surface area contributed by atoms with Crippen molar-refractivity contribution in [3.8, 4) is 11.8 Å². The van der Waals surface area contributed by atoms with Crippen LogP contribution in [0.5, 0.6) is 0 Å². The highest BCUT2D eigenvalue weighted by molar-refractivity contribution is 6.18. The van der Waals surface area contributed by atoms with Gasteiger partial charge in [0, 0.05) is 36.8 Å². The lowest BCUT2D eigenvalue weighted by Crippen LogP contribution is -2.50. The molecule has 3 aromatic rings. The maximum Gasteiger partial charge on any atom is 0.407 e. The van der Waals surface area contributed by atoms with Gasteiger partial charge in [0.25, 0.3) is 5.91 Å². The van der Waals surface area contributed by atoms with E-state index in [0.29, 0.717) is 55.4 Å². The van der Waals surface area contributed by atoms with E-state index in [9.17, 15) is 9.59 Å². The highest BCUT2D eigenvalue weighted by atomic mass is 16.6. The van der Waals surface area contributed by atoms with Crippen LogP contribution in [-0.2, 0) is 17.8 Å². The molecule has 0 aliphatic carbocycles. The molecule has 1 atom stereocenters. The second-order valence-electron chi connectivity index (χ2n) is 12.0. The summed E-state index contributed by atoms with van der Waals surface area (Å²) >= 11 is 0. The second kappa shape index (κ2) is 11.2. The monoisotopic (exact) mass is 583 g/mol. The van der Waals surface area contributed by atoms with Gasteiger partial charge < -0.3 is 15.0 Å². The van der Waals surface area contributed by atoms with Crippen LogP contribution in [0.4, 0.5) is 16.6 Å². The van der Waals surface area contributed by atoms with Crippen LogP contribution in [0.1, 0.15) is 62.5 Å². The van der Waals surface area contributed by atoms with Gasteiger partial charge in [0.2, 0.25) is 11.9 Å². The van der Waals surface area contributed by atoms with E-state index in [-0.39, 0.29) is 18.5 Å². The summed E-state index contributed by atoms with van der Waals surface area (Å²) < 4.78 is 7.39. The lowest BCUT2D eigenvalue weighted by molar-refractivity contribution is 0.0499. The molecule has 2 amide bonds. The predicted molar refractivity (Wildman–Crippen MR) is 164 cm³/mol. The lowest BCUT2D eigenvalue weighted by atomic mass is 10.1. The molecule has 1 fully saturated rings. The number of rotatable bonds is 5. The number of para-hydroxylation sites is 1. The molecule has 3 aliphatic heterocycles. The van der Waals surface area contributed by atoms with E-state index in [1.165, 1.54) is 0 Å². The third-order valence-electron chi connectivity index (χ3n) is 7.67. The highest BCUT2D eigenvalue weighted by Gasteiger charge is 2.43. The van der Waals surface area contributed by atoms with Gasteiger partial charge in [-0.2, -0.15) is 4.98 Å². The molecule has 5 heterocycles. The van der Waals surface area contributed by atoms with Gasteiger partial charge in [-0.05, 0) is 53.5 Å². The van der Waals surface area contributed by atoms with Gasteiger partial charge in [-0.3, -0.25) is 24.2 Å². The van der Waals surface area contributed by atoms with Crippen LogP contribution in [0, 0.1) is 18.8 Å². The Morgan fingerprint density at radius 2 is 1.98 bits per heavy atom. The SMILES string of the molecule is CC#CCn1c(N2CCCC(NC(=O)OC(C)(C)C)C2)nc2c1C(=O)N(Cc1nc(C)c3ccccc3n1)C1=NCCN12. The Morgan fingerprint density at radius 1 is 1.16 bits per heavy atom. The van der Waals surface area contributed by atoms with E-state index in [1.807, 2.05) is 61.4 Å². The van der Waals surface area contributed by atoms with Gasteiger partial charge in [0.05, 0.1) is 25.2 Å². The first-order chi connectivity index (χ1) is 20.6. The minimum Gasteiger partial charge on any atom is -0.444 e. The van der Waals surface area contributed by atoms with Gasteiger partial charge in [-0.25, -0.2) is 14.8 Å². The quantitative estimate of drug-likeness (QED) is 0.454. The molecular weight excluding hydrogens is 546 g/mol. The molecule has 224 valence electrons. The van der Waals surface area contributed by atoms with Crippen molar-refractivity contribution in [1.29, 1.82) is 0 Å². The molecule has 0 radical (unpaired) electrons. The fraction of sp³-hybridized carbons (Fsp3) is 0.484. The Labute approximate surface area is 251 Å². The van der Waals surface area contributed by atoms with Crippen molar-refractivity contribution >= 4 is 40.6 Å². The normalized spacial score (nSPS) is 18.2. The van der Waals surface area contributed by atoms with Crippen molar-refractivity contribution in [3.05, 3.63) is 41.5 Å². The zero-order valence-electron chi connectivity index (χ0n) is 25.3. The van der Waals surface area contributed by atoms with Crippen molar-refractivity contribution < 1.29 is 14.3 Å². The summed E-state index contributed by atoms with van der Waals surface area (Å²) in [5.74, 6) is 8.24. The van der Waals surface area contributed by atoms with Crippen molar-refractivity contribution in [3.63, 3.8) is 0 Å². The summed E-state index contributed by atoms with van der Waals surface area (Å²) in [5, 5.41) is 4.00. The summed E-state index contributed by atoms with van der Waals surface area (Å²) in [6.07, 6.45) is 1.24. The zero-order valence-corrected chi connectivity index (χ0v) is 25.3. The number of ether oxygens (including phenoxy) is 1. The van der Waals surface area contributed by atoms with Crippen molar-refractivity contribution in [2.45, 2.75) is 72.2 Å². The van der Waals surface area contributed by atoms with E-state index >= 15 is 0 Å². The number of hydrogen-bond acceptors (Lipinski definition) is 9. The van der Waals surface area contributed by atoms with Crippen LogP contribution in [0.15, 0.2) is 29.3 Å². The maximum absolute atomic E-state index is 14.3. The van der Waals surface area contributed by atoms with Crippen molar-refractivity contribution in [2.24, 2.45) is 4.99 Å². The summed E-state index contributed by atoms with van der Waals surface area (Å²) in [5.41, 5.74) is 1.59. The lowest BCUT2D eigenvalue weighted by Gasteiger charge is -2.34. The number of hydrogen-bond donors (Lipinski definition) is 1. The molecule has 12 nitrogen and oxygen atoms in total. The van der Waals surface area contributed by atoms with E-state index in [0.717, 1.165) is 36.0 Å². The molecule has 1 saturated heterocycles. The van der Waals surface area contributed by atoms with Gasteiger partial charge in [0.1, 0.15) is 11.4 Å². The average Bonchev–Trinajstić information content (AvgIpc) is 3.59.